The van der Waals surface area contributed by atoms with Gasteiger partial charge in [0.15, 0.2) is 0 Å². The lowest BCUT2D eigenvalue weighted by Gasteiger charge is -2.16. The Morgan fingerprint density at radius 2 is 2.31 bits per heavy atom. The van der Waals surface area contributed by atoms with E-state index in [1.807, 2.05) is 19.1 Å². The van der Waals surface area contributed by atoms with Crippen LogP contribution in [0.4, 0.5) is 5.69 Å². The van der Waals surface area contributed by atoms with E-state index in [1.165, 1.54) is 0 Å². The van der Waals surface area contributed by atoms with E-state index in [0.29, 0.717) is 6.61 Å². The van der Waals surface area contributed by atoms with Gasteiger partial charge in [-0.05, 0) is 41.6 Å². The van der Waals surface area contributed by atoms with Gasteiger partial charge in [0.1, 0.15) is 18.0 Å². The predicted octanol–water partition coefficient (Wildman–Crippen LogP) is 3.54. The minimum atomic E-state index is 0.597. The highest BCUT2D eigenvalue weighted by molar-refractivity contribution is 14.1. The molecule has 1 aliphatic heterocycles. The molecule has 68 valence electrons. The van der Waals surface area contributed by atoms with Crippen molar-refractivity contribution in [2.24, 2.45) is 4.99 Å². The number of rotatable bonds is 0. The Balaban J connectivity index is 2.61. The number of ether oxygens (including phenoxy) is 1. The van der Waals surface area contributed by atoms with Crippen LogP contribution in [0.3, 0.4) is 0 Å². The van der Waals surface area contributed by atoms with Gasteiger partial charge in [0.2, 0.25) is 0 Å². The number of aliphatic imine (C=N–C) groups is 1. The molecule has 0 saturated carbocycles. The Morgan fingerprint density at radius 3 is 3.08 bits per heavy atom. The van der Waals surface area contributed by atoms with Crippen molar-refractivity contribution in [1.29, 1.82) is 0 Å². The van der Waals surface area contributed by atoms with Gasteiger partial charge >= 0.3 is 0 Å². The quantitative estimate of drug-likeness (QED) is 0.655. The highest BCUT2D eigenvalue weighted by atomic mass is 127. The van der Waals surface area contributed by atoms with E-state index in [2.05, 4.69) is 43.5 Å². The van der Waals surface area contributed by atoms with Crippen LogP contribution in [0.25, 0.3) is 0 Å². The van der Waals surface area contributed by atoms with Crippen LogP contribution in [0.2, 0.25) is 0 Å². The molecule has 2 nitrogen and oxygen atoms in total. The maximum Gasteiger partial charge on any atom is 0.147 e. The minimum Gasteiger partial charge on any atom is -0.485 e. The van der Waals surface area contributed by atoms with Crippen LogP contribution in [-0.4, -0.2) is 12.3 Å². The molecule has 0 aromatic heterocycles. The average molecular weight is 352 g/mol. The summed E-state index contributed by atoms with van der Waals surface area (Å²) < 4.78 is 7.68. The van der Waals surface area contributed by atoms with E-state index in [0.717, 1.165) is 25.2 Å². The summed E-state index contributed by atoms with van der Waals surface area (Å²) in [5.74, 6) is 0.865. The summed E-state index contributed by atoms with van der Waals surface area (Å²) >= 11 is 5.68. The molecule has 1 aliphatic rings. The molecule has 0 unspecified atom stereocenters. The van der Waals surface area contributed by atoms with Gasteiger partial charge < -0.3 is 4.74 Å². The van der Waals surface area contributed by atoms with E-state index < -0.39 is 0 Å². The predicted molar refractivity (Wildman–Crippen MR) is 65.1 cm³/mol. The normalized spacial score (nSPS) is 14.5. The summed E-state index contributed by atoms with van der Waals surface area (Å²) in [4.78, 5) is 4.45. The molecule has 1 aromatic rings. The van der Waals surface area contributed by atoms with Crippen molar-refractivity contribution < 1.29 is 4.74 Å². The van der Waals surface area contributed by atoms with Gasteiger partial charge in [-0.1, -0.05) is 15.9 Å². The van der Waals surface area contributed by atoms with E-state index in [1.54, 1.807) is 0 Å². The summed E-state index contributed by atoms with van der Waals surface area (Å²) in [6.07, 6.45) is 0. The fourth-order valence-corrected chi connectivity index (χ4v) is 2.75. The van der Waals surface area contributed by atoms with Gasteiger partial charge in [-0.2, -0.15) is 0 Å². The number of hydrogen-bond donors (Lipinski definition) is 0. The molecule has 0 saturated heterocycles. The molecule has 0 atom stereocenters. The number of halogens is 2. The average Bonchev–Trinajstić information content (AvgIpc) is 2.06. The highest BCUT2D eigenvalue weighted by Gasteiger charge is 2.13. The largest absolute Gasteiger partial charge is 0.485 e. The van der Waals surface area contributed by atoms with Crippen LogP contribution < -0.4 is 4.74 Å². The molecule has 0 aliphatic carbocycles. The summed E-state index contributed by atoms with van der Waals surface area (Å²) in [5, 5.41) is 0. The fourth-order valence-electron chi connectivity index (χ4n) is 1.17. The molecular formula is C9H7BrINO. The Kier molecular flexibility index (Phi) is 2.60. The highest BCUT2D eigenvalue weighted by Crippen LogP contribution is 2.37. The lowest BCUT2D eigenvalue weighted by molar-refractivity contribution is 0.371. The zero-order valence-corrected chi connectivity index (χ0v) is 10.7. The standard InChI is InChI=1S/C9H7BrINO/c1-5-4-13-8-3-6(10)2-7(11)9(8)12-5/h2-3H,4H2,1H3. The van der Waals surface area contributed by atoms with Crippen molar-refractivity contribution in [3.63, 3.8) is 0 Å². The molecule has 0 fully saturated rings. The molecule has 1 aromatic carbocycles. The molecule has 0 N–H and O–H groups in total. The first kappa shape index (κ1) is 9.45. The first-order valence-corrected chi connectivity index (χ1v) is 5.70. The van der Waals surface area contributed by atoms with Crippen LogP contribution in [0.5, 0.6) is 5.75 Å². The van der Waals surface area contributed by atoms with Crippen molar-refractivity contribution >= 4 is 49.9 Å². The van der Waals surface area contributed by atoms with Crippen LogP contribution in [0.15, 0.2) is 21.6 Å². The van der Waals surface area contributed by atoms with Gasteiger partial charge in [-0.3, -0.25) is 0 Å². The van der Waals surface area contributed by atoms with Crippen LogP contribution >= 0.6 is 38.5 Å². The van der Waals surface area contributed by atoms with Crippen molar-refractivity contribution in [1.82, 2.24) is 0 Å². The van der Waals surface area contributed by atoms with E-state index >= 15 is 0 Å². The van der Waals surface area contributed by atoms with Crippen molar-refractivity contribution in [2.75, 3.05) is 6.61 Å². The minimum absolute atomic E-state index is 0.597. The topological polar surface area (TPSA) is 21.6 Å². The zero-order chi connectivity index (χ0) is 9.42. The molecule has 0 bridgehead atoms. The Bertz CT molecular complexity index is 389. The lowest BCUT2D eigenvalue weighted by Crippen LogP contribution is -2.11. The first-order chi connectivity index (χ1) is 6.16. The third-order valence-corrected chi connectivity index (χ3v) is 3.01. The Morgan fingerprint density at radius 1 is 1.54 bits per heavy atom. The third-order valence-electron chi connectivity index (χ3n) is 1.73. The summed E-state index contributed by atoms with van der Waals surface area (Å²) in [7, 11) is 0. The summed E-state index contributed by atoms with van der Waals surface area (Å²) in [6.45, 7) is 2.57. The Labute approximate surface area is 98.7 Å². The Hall–Kier alpha value is -0.100. The monoisotopic (exact) mass is 351 g/mol. The van der Waals surface area contributed by atoms with Gasteiger partial charge in [0, 0.05) is 8.04 Å². The number of nitrogens with zero attached hydrogens (tertiary/aromatic N) is 1. The number of fused-ring (bicyclic) bond motifs is 1. The van der Waals surface area contributed by atoms with Crippen LogP contribution in [-0.2, 0) is 0 Å². The zero-order valence-electron chi connectivity index (χ0n) is 6.97. The molecule has 4 heteroatoms. The van der Waals surface area contributed by atoms with Gasteiger partial charge in [-0.15, -0.1) is 0 Å². The van der Waals surface area contributed by atoms with Gasteiger partial charge in [-0.25, -0.2) is 4.99 Å². The SMILES string of the molecule is CC1=Nc2c(I)cc(Br)cc2OC1. The summed E-state index contributed by atoms with van der Waals surface area (Å²) in [6, 6.07) is 3.98. The van der Waals surface area contributed by atoms with Crippen molar-refractivity contribution in [3.05, 3.63) is 20.2 Å². The van der Waals surface area contributed by atoms with Crippen LogP contribution in [0.1, 0.15) is 6.92 Å². The number of benzene rings is 1. The molecule has 1 heterocycles. The van der Waals surface area contributed by atoms with Gasteiger partial charge in [0.05, 0.1) is 5.71 Å². The lowest BCUT2D eigenvalue weighted by atomic mass is 10.2. The molecule has 13 heavy (non-hydrogen) atoms. The van der Waals surface area contributed by atoms with Gasteiger partial charge in [0.25, 0.3) is 0 Å². The second-order valence-corrected chi connectivity index (χ2v) is 4.95. The summed E-state index contributed by atoms with van der Waals surface area (Å²) in [5.41, 5.74) is 1.97. The maximum atomic E-state index is 5.53. The second kappa shape index (κ2) is 3.57. The van der Waals surface area contributed by atoms with Crippen molar-refractivity contribution in [2.45, 2.75) is 6.92 Å². The third kappa shape index (κ3) is 1.88. The second-order valence-electron chi connectivity index (χ2n) is 2.87. The molecular weight excluding hydrogens is 345 g/mol. The molecule has 0 radical (unpaired) electrons. The van der Waals surface area contributed by atoms with Crippen molar-refractivity contribution in [3.8, 4) is 5.75 Å². The van der Waals surface area contributed by atoms with E-state index in [4.69, 9.17) is 4.74 Å². The molecule has 0 amide bonds. The molecule has 2 rings (SSSR count). The fraction of sp³-hybridized carbons (Fsp3) is 0.222. The smallest absolute Gasteiger partial charge is 0.147 e. The maximum absolute atomic E-state index is 5.53. The van der Waals surface area contributed by atoms with Crippen LogP contribution in [0, 0.1) is 3.57 Å². The first-order valence-electron chi connectivity index (χ1n) is 3.83. The van der Waals surface area contributed by atoms with E-state index in [9.17, 15) is 0 Å². The molecule has 0 spiro atoms. The number of hydrogen-bond acceptors (Lipinski definition) is 2. The van der Waals surface area contributed by atoms with E-state index in [-0.39, 0.29) is 0 Å².